The number of aromatic carboxylic acids is 1. The molecule has 7 heteroatoms. The number of sulfone groups is 1. The standard InChI is InChI=1S/C12H14BrNO4S/c13-10-5-9(12(15)16)1-2-11(10)14-6-8-3-4-19(17,18)7-8/h1-2,5,8,14H,3-4,6-7H2,(H,15,16). The molecule has 1 heterocycles. The zero-order chi connectivity index (χ0) is 14.0. The van der Waals surface area contributed by atoms with Crippen molar-refractivity contribution in [3.8, 4) is 0 Å². The van der Waals surface area contributed by atoms with Gasteiger partial charge in [0, 0.05) is 16.7 Å². The first-order valence-electron chi connectivity index (χ1n) is 5.84. The second-order valence-electron chi connectivity index (χ2n) is 4.65. The molecule has 104 valence electrons. The SMILES string of the molecule is O=C(O)c1ccc(NCC2CCS(=O)(=O)C2)c(Br)c1. The van der Waals surface area contributed by atoms with E-state index in [-0.39, 0.29) is 23.0 Å². The lowest BCUT2D eigenvalue weighted by atomic mass is 10.1. The molecule has 2 N–H and O–H groups in total. The normalized spacial score (nSPS) is 21.2. The summed E-state index contributed by atoms with van der Waals surface area (Å²) in [6.45, 7) is 0.574. The molecule has 0 aliphatic carbocycles. The summed E-state index contributed by atoms with van der Waals surface area (Å²) in [6, 6.07) is 4.72. The van der Waals surface area contributed by atoms with Crippen molar-refractivity contribution in [2.24, 2.45) is 5.92 Å². The number of nitrogens with one attached hydrogen (secondary N) is 1. The van der Waals surface area contributed by atoms with Crippen LogP contribution in [0.1, 0.15) is 16.8 Å². The maximum atomic E-state index is 11.3. The third-order valence-corrected chi connectivity index (χ3v) is 5.62. The lowest BCUT2D eigenvalue weighted by Crippen LogP contribution is -2.16. The molecule has 5 nitrogen and oxygen atoms in total. The fourth-order valence-electron chi connectivity index (χ4n) is 2.08. The molecule has 1 saturated heterocycles. The first-order chi connectivity index (χ1) is 8.87. The Bertz CT molecular complexity index is 600. The minimum Gasteiger partial charge on any atom is -0.478 e. The molecule has 1 unspecified atom stereocenters. The van der Waals surface area contributed by atoms with Crippen LogP contribution in [-0.4, -0.2) is 37.5 Å². The number of hydrogen-bond donors (Lipinski definition) is 2. The van der Waals surface area contributed by atoms with Crippen LogP contribution in [0.15, 0.2) is 22.7 Å². The van der Waals surface area contributed by atoms with Crippen LogP contribution in [0, 0.1) is 5.92 Å². The minimum absolute atomic E-state index is 0.121. The van der Waals surface area contributed by atoms with Crippen molar-refractivity contribution < 1.29 is 18.3 Å². The summed E-state index contributed by atoms with van der Waals surface area (Å²) in [5.74, 6) is -0.367. The van der Waals surface area contributed by atoms with Gasteiger partial charge in [-0.15, -0.1) is 0 Å². The molecule has 1 aliphatic heterocycles. The Morgan fingerprint density at radius 1 is 1.47 bits per heavy atom. The van der Waals surface area contributed by atoms with Gasteiger partial charge < -0.3 is 10.4 Å². The topological polar surface area (TPSA) is 83.5 Å². The first-order valence-corrected chi connectivity index (χ1v) is 8.46. The van der Waals surface area contributed by atoms with E-state index in [1.807, 2.05) is 0 Å². The molecule has 0 amide bonds. The van der Waals surface area contributed by atoms with Gasteiger partial charge in [0.05, 0.1) is 17.1 Å². The van der Waals surface area contributed by atoms with Crippen molar-refractivity contribution >= 4 is 37.4 Å². The maximum Gasteiger partial charge on any atom is 0.335 e. The second kappa shape index (κ2) is 5.50. The van der Waals surface area contributed by atoms with Gasteiger partial charge in [0.25, 0.3) is 0 Å². The van der Waals surface area contributed by atoms with E-state index in [0.29, 0.717) is 17.4 Å². The van der Waals surface area contributed by atoms with Gasteiger partial charge in [-0.2, -0.15) is 0 Å². The summed E-state index contributed by atoms with van der Waals surface area (Å²) >= 11 is 3.30. The smallest absolute Gasteiger partial charge is 0.335 e. The highest BCUT2D eigenvalue weighted by molar-refractivity contribution is 9.10. The maximum absolute atomic E-state index is 11.3. The van der Waals surface area contributed by atoms with Crippen molar-refractivity contribution in [3.63, 3.8) is 0 Å². The molecule has 1 fully saturated rings. The predicted molar refractivity (Wildman–Crippen MR) is 76.4 cm³/mol. The molecule has 0 saturated carbocycles. The Morgan fingerprint density at radius 2 is 2.21 bits per heavy atom. The quantitative estimate of drug-likeness (QED) is 0.870. The Hall–Kier alpha value is -1.08. The van der Waals surface area contributed by atoms with Gasteiger partial charge in [-0.3, -0.25) is 0 Å². The molecule has 19 heavy (non-hydrogen) atoms. The fourth-order valence-corrected chi connectivity index (χ4v) is 4.46. The largest absolute Gasteiger partial charge is 0.478 e. The summed E-state index contributed by atoms with van der Waals surface area (Å²) < 4.78 is 23.3. The average Bonchev–Trinajstić information content (AvgIpc) is 2.67. The van der Waals surface area contributed by atoms with E-state index >= 15 is 0 Å². The highest BCUT2D eigenvalue weighted by atomic mass is 79.9. The molecule has 0 spiro atoms. The molecule has 2 rings (SSSR count). The monoisotopic (exact) mass is 347 g/mol. The average molecular weight is 348 g/mol. The van der Waals surface area contributed by atoms with Crippen molar-refractivity contribution in [3.05, 3.63) is 28.2 Å². The van der Waals surface area contributed by atoms with E-state index in [1.54, 1.807) is 6.07 Å². The highest BCUT2D eigenvalue weighted by Gasteiger charge is 2.27. The Labute approximate surface area is 120 Å². The van der Waals surface area contributed by atoms with Gasteiger partial charge in [-0.1, -0.05) is 0 Å². The van der Waals surface area contributed by atoms with Crippen LogP contribution in [0.5, 0.6) is 0 Å². The van der Waals surface area contributed by atoms with Gasteiger partial charge in [-0.25, -0.2) is 13.2 Å². The van der Waals surface area contributed by atoms with E-state index in [1.165, 1.54) is 12.1 Å². The van der Waals surface area contributed by atoms with Crippen molar-refractivity contribution in [2.45, 2.75) is 6.42 Å². The van der Waals surface area contributed by atoms with E-state index in [9.17, 15) is 13.2 Å². The van der Waals surface area contributed by atoms with Gasteiger partial charge in [0.15, 0.2) is 9.84 Å². The molecular formula is C12H14BrNO4S. The van der Waals surface area contributed by atoms with Crippen molar-refractivity contribution in [2.75, 3.05) is 23.4 Å². The summed E-state index contributed by atoms with van der Waals surface area (Å²) in [7, 11) is -2.86. The van der Waals surface area contributed by atoms with E-state index in [0.717, 1.165) is 5.69 Å². The number of anilines is 1. The molecule has 0 radical (unpaired) electrons. The van der Waals surface area contributed by atoms with Crippen LogP contribution in [0.25, 0.3) is 0 Å². The molecule has 0 bridgehead atoms. The molecule has 1 aromatic rings. The number of carbonyl (C=O) groups is 1. The van der Waals surface area contributed by atoms with Crippen LogP contribution in [0.4, 0.5) is 5.69 Å². The van der Waals surface area contributed by atoms with Crippen molar-refractivity contribution in [1.29, 1.82) is 0 Å². The molecule has 0 aromatic heterocycles. The molecule has 1 atom stereocenters. The van der Waals surface area contributed by atoms with Gasteiger partial charge in [0.1, 0.15) is 0 Å². The molecule has 1 aliphatic rings. The van der Waals surface area contributed by atoms with Crippen molar-refractivity contribution in [1.82, 2.24) is 0 Å². The zero-order valence-electron chi connectivity index (χ0n) is 10.1. The summed E-state index contributed by atoms with van der Waals surface area (Å²) in [6.07, 6.45) is 0.681. The third kappa shape index (κ3) is 3.70. The fraction of sp³-hybridized carbons (Fsp3) is 0.417. The Kier molecular flexibility index (Phi) is 4.15. The first kappa shape index (κ1) is 14.3. The predicted octanol–water partition coefficient (Wildman–Crippen LogP) is 1.99. The lowest BCUT2D eigenvalue weighted by Gasteiger charge is -2.12. The number of rotatable bonds is 4. The van der Waals surface area contributed by atoms with Crippen LogP contribution >= 0.6 is 15.9 Å². The van der Waals surface area contributed by atoms with Crippen LogP contribution in [0.2, 0.25) is 0 Å². The van der Waals surface area contributed by atoms with Gasteiger partial charge in [-0.05, 0) is 46.5 Å². The number of carboxylic acids is 1. The van der Waals surface area contributed by atoms with Gasteiger partial charge in [0.2, 0.25) is 0 Å². The Balaban J connectivity index is 1.99. The number of halogens is 1. The summed E-state index contributed by atoms with van der Waals surface area (Å²) in [5, 5.41) is 12.0. The number of hydrogen-bond acceptors (Lipinski definition) is 4. The highest BCUT2D eigenvalue weighted by Crippen LogP contribution is 2.25. The second-order valence-corrected chi connectivity index (χ2v) is 7.73. The molecular weight excluding hydrogens is 334 g/mol. The van der Waals surface area contributed by atoms with Crippen LogP contribution in [-0.2, 0) is 9.84 Å². The summed E-state index contributed by atoms with van der Waals surface area (Å²) in [5.41, 5.74) is 0.982. The lowest BCUT2D eigenvalue weighted by molar-refractivity contribution is 0.0697. The summed E-state index contributed by atoms with van der Waals surface area (Å²) in [4.78, 5) is 10.8. The number of carboxylic acid groups (broad SMARTS) is 1. The van der Waals surface area contributed by atoms with Crippen LogP contribution < -0.4 is 5.32 Å². The third-order valence-electron chi connectivity index (χ3n) is 3.12. The van der Waals surface area contributed by atoms with Crippen LogP contribution in [0.3, 0.4) is 0 Å². The minimum atomic E-state index is -2.86. The Morgan fingerprint density at radius 3 is 2.74 bits per heavy atom. The van der Waals surface area contributed by atoms with E-state index < -0.39 is 15.8 Å². The van der Waals surface area contributed by atoms with E-state index in [4.69, 9.17) is 5.11 Å². The molecule has 1 aromatic carbocycles. The zero-order valence-corrected chi connectivity index (χ0v) is 12.5. The number of benzene rings is 1. The van der Waals surface area contributed by atoms with Gasteiger partial charge >= 0.3 is 5.97 Å². The van der Waals surface area contributed by atoms with E-state index in [2.05, 4.69) is 21.2 Å².